The van der Waals surface area contributed by atoms with Crippen LogP contribution in [0.3, 0.4) is 0 Å². The topological polar surface area (TPSA) is 92.5 Å². The Morgan fingerprint density at radius 2 is 2.13 bits per heavy atom. The van der Waals surface area contributed by atoms with Crippen LogP contribution in [0.4, 0.5) is 23.2 Å². The second-order valence-corrected chi connectivity index (χ2v) is 11.6. The number of carbonyl (C=O) groups is 1. The van der Waals surface area contributed by atoms with Gasteiger partial charge in [0.2, 0.25) is 11.7 Å². The zero-order valence-electron chi connectivity index (χ0n) is 20.8. The number of morpholine rings is 1. The lowest BCUT2D eigenvalue weighted by Crippen LogP contribution is -2.56. The molecule has 2 aliphatic heterocycles. The summed E-state index contributed by atoms with van der Waals surface area (Å²) in [4.78, 5) is 18.1. The van der Waals surface area contributed by atoms with Crippen LogP contribution in [0.2, 0.25) is 0 Å². The SMILES string of the molecule is CC[C@H]1[C@H](F)[C@H](Nc2cccc3c(SC(F)(F)F)c(-c4noc([C@H]5COCC(=O)N5)n4)sc23)C[C@@H](C)N1C. The van der Waals surface area contributed by atoms with E-state index in [0.29, 0.717) is 28.6 Å². The van der Waals surface area contributed by atoms with E-state index in [2.05, 4.69) is 20.8 Å². The maximum absolute atomic E-state index is 15.5. The number of halogens is 4. The van der Waals surface area contributed by atoms with Crippen LogP contribution in [-0.2, 0) is 9.53 Å². The molecule has 0 aliphatic carbocycles. The number of hydrogen-bond acceptors (Lipinski definition) is 9. The molecule has 0 unspecified atom stereocenters. The number of alkyl halides is 4. The Balaban J connectivity index is 1.53. The second-order valence-electron chi connectivity index (χ2n) is 9.50. The zero-order chi connectivity index (χ0) is 27.2. The van der Waals surface area contributed by atoms with Crippen molar-refractivity contribution in [1.82, 2.24) is 20.4 Å². The van der Waals surface area contributed by atoms with Gasteiger partial charge in [0, 0.05) is 22.4 Å². The van der Waals surface area contributed by atoms with Crippen molar-refractivity contribution < 1.29 is 31.6 Å². The van der Waals surface area contributed by atoms with E-state index >= 15 is 4.39 Å². The number of ether oxygens (including phenoxy) is 1. The summed E-state index contributed by atoms with van der Waals surface area (Å²) in [7, 11) is 1.92. The van der Waals surface area contributed by atoms with Crippen molar-refractivity contribution in [2.75, 3.05) is 25.6 Å². The van der Waals surface area contributed by atoms with E-state index in [1.54, 1.807) is 18.2 Å². The van der Waals surface area contributed by atoms with Gasteiger partial charge in [0.05, 0.1) is 27.9 Å². The van der Waals surface area contributed by atoms with Crippen molar-refractivity contribution in [3.05, 3.63) is 24.1 Å². The van der Waals surface area contributed by atoms with Crippen LogP contribution in [-0.4, -0.2) is 71.0 Å². The van der Waals surface area contributed by atoms with Gasteiger partial charge in [-0.1, -0.05) is 24.2 Å². The van der Waals surface area contributed by atoms with Gasteiger partial charge in [-0.15, -0.1) is 11.3 Å². The smallest absolute Gasteiger partial charge is 0.378 e. The summed E-state index contributed by atoms with van der Waals surface area (Å²) in [5.41, 5.74) is -4.01. The number of benzene rings is 1. The van der Waals surface area contributed by atoms with Gasteiger partial charge in [-0.05, 0) is 44.6 Å². The molecule has 2 aliphatic rings. The van der Waals surface area contributed by atoms with Crippen LogP contribution < -0.4 is 10.6 Å². The lowest BCUT2D eigenvalue weighted by molar-refractivity contribution is -0.131. The zero-order valence-corrected chi connectivity index (χ0v) is 22.5. The maximum Gasteiger partial charge on any atom is 0.446 e. The summed E-state index contributed by atoms with van der Waals surface area (Å²) in [6.45, 7) is 4.00. The number of nitrogens with one attached hydrogen (secondary N) is 2. The van der Waals surface area contributed by atoms with Gasteiger partial charge >= 0.3 is 5.51 Å². The molecule has 0 radical (unpaired) electrons. The van der Waals surface area contributed by atoms with Gasteiger partial charge in [-0.3, -0.25) is 9.69 Å². The number of thiophene rings is 1. The van der Waals surface area contributed by atoms with E-state index in [9.17, 15) is 18.0 Å². The van der Waals surface area contributed by atoms with Crippen molar-refractivity contribution in [3.63, 3.8) is 0 Å². The Hall–Kier alpha value is -2.42. The number of nitrogens with zero attached hydrogens (tertiary/aromatic N) is 3. The molecular formula is C24H27F4N5O3S2. The minimum atomic E-state index is -4.56. The van der Waals surface area contributed by atoms with E-state index in [0.717, 1.165) is 11.3 Å². The molecule has 2 aromatic heterocycles. The first-order valence-corrected chi connectivity index (χ1v) is 13.8. The number of carbonyl (C=O) groups excluding carboxylic acids is 1. The molecule has 0 saturated carbocycles. The fourth-order valence-electron chi connectivity index (χ4n) is 5.06. The van der Waals surface area contributed by atoms with Crippen molar-refractivity contribution in [2.24, 2.45) is 0 Å². The van der Waals surface area contributed by atoms with Gasteiger partial charge in [0.15, 0.2) is 0 Å². The predicted octanol–water partition coefficient (Wildman–Crippen LogP) is 5.37. The van der Waals surface area contributed by atoms with E-state index in [1.165, 1.54) is 0 Å². The maximum atomic E-state index is 15.5. The molecule has 2 saturated heterocycles. The van der Waals surface area contributed by atoms with Gasteiger partial charge in [-0.25, -0.2) is 4.39 Å². The number of amides is 1. The lowest BCUT2D eigenvalue weighted by Gasteiger charge is -2.44. The summed E-state index contributed by atoms with van der Waals surface area (Å²) in [6.07, 6.45) is 0.0516. The third kappa shape index (κ3) is 5.36. The Labute approximate surface area is 224 Å². The average Bonchev–Trinajstić information content (AvgIpc) is 3.48. The molecule has 0 spiro atoms. The molecule has 206 valence electrons. The number of likely N-dealkylation sites (tertiary alicyclic amines) is 1. The fraction of sp³-hybridized carbons (Fsp3) is 0.542. The minimum Gasteiger partial charge on any atom is -0.378 e. The number of fused-ring (bicyclic) bond motifs is 1. The van der Waals surface area contributed by atoms with Gasteiger partial charge in [0.1, 0.15) is 18.8 Å². The van der Waals surface area contributed by atoms with Crippen molar-refractivity contribution >= 4 is 44.8 Å². The van der Waals surface area contributed by atoms with Crippen LogP contribution >= 0.6 is 23.1 Å². The normalized spacial score (nSPS) is 27.0. The highest BCUT2D eigenvalue weighted by atomic mass is 32.2. The molecule has 3 aromatic rings. The first kappa shape index (κ1) is 27.2. The summed E-state index contributed by atoms with van der Waals surface area (Å²) < 4.78 is 67.4. The minimum absolute atomic E-state index is 0.0268. The van der Waals surface area contributed by atoms with Gasteiger partial charge < -0.3 is 19.9 Å². The Kier molecular flexibility index (Phi) is 7.59. The quantitative estimate of drug-likeness (QED) is 0.300. The van der Waals surface area contributed by atoms with Crippen LogP contribution in [0.5, 0.6) is 0 Å². The van der Waals surface area contributed by atoms with E-state index < -0.39 is 23.8 Å². The molecule has 4 heterocycles. The summed E-state index contributed by atoms with van der Waals surface area (Å²) in [5, 5.41) is 10.2. The number of thioether (sulfide) groups is 1. The van der Waals surface area contributed by atoms with Crippen molar-refractivity contribution in [3.8, 4) is 10.7 Å². The van der Waals surface area contributed by atoms with Gasteiger partial charge in [-0.2, -0.15) is 18.2 Å². The number of anilines is 1. The monoisotopic (exact) mass is 573 g/mol. The Morgan fingerprint density at radius 3 is 2.84 bits per heavy atom. The predicted molar refractivity (Wildman–Crippen MR) is 137 cm³/mol. The highest BCUT2D eigenvalue weighted by Gasteiger charge is 2.40. The lowest BCUT2D eigenvalue weighted by atomic mass is 9.89. The Morgan fingerprint density at radius 1 is 1.34 bits per heavy atom. The molecule has 2 fully saturated rings. The largest absolute Gasteiger partial charge is 0.446 e. The summed E-state index contributed by atoms with van der Waals surface area (Å²) in [5.74, 6) is -0.342. The first-order chi connectivity index (χ1) is 18.1. The van der Waals surface area contributed by atoms with Crippen molar-refractivity contribution in [1.29, 1.82) is 0 Å². The third-order valence-corrected chi connectivity index (χ3v) is 9.23. The van der Waals surface area contributed by atoms with E-state index in [1.807, 2.05) is 25.8 Å². The Bertz CT molecular complexity index is 1320. The number of aromatic nitrogens is 2. The highest BCUT2D eigenvalue weighted by Crippen LogP contribution is 2.51. The van der Waals surface area contributed by atoms with Crippen LogP contribution in [0.1, 0.15) is 38.6 Å². The molecule has 1 amide bonds. The molecular weight excluding hydrogens is 546 g/mol. The molecule has 5 atom stereocenters. The first-order valence-electron chi connectivity index (χ1n) is 12.2. The van der Waals surface area contributed by atoms with E-state index in [-0.39, 0.29) is 64.5 Å². The highest BCUT2D eigenvalue weighted by molar-refractivity contribution is 8.00. The molecule has 14 heteroatoms. The van der Waals surface area contributed by atoms with Crippen LogP contribution in [0, 0.1) is 0 Å². The standard InChI is InChI=1S/C24H27F4N5O3S2/c1-4-16-18(25)14(8-11(2)33(16)3)29-13-7-5-6-12-19(13)37-21(20(12)38-24(26,27)28)22-31-23(36-32-22)15-9-35-10-17(34)30-15/h5-7,11,14-16,18,29H,4,8-10H2,1-3H3,(H,30,34)/t11-,14-,15-,16+,18-/m1/s1. The van der Waals surface area contributed by atoms with Crippen LogP contribution in [0.15, 0.2) is 27.6 Å². The molecule has 2 N–H and O–H groups in total. The molecule has 5 rings (SSSR count). The van der Waals surface area contributed by atoms with E-state index in [4.69, 9.17) is 9.26 Å². The number of hydrogen-bond donors (Lipinski definition) is 2. The van der Waals surface area contributed by atoms with Crippen molar-refractivity contribution in [2.45, 2.75) is 67.4 Å². The second kappa shape index (κ2) is 10.6. The average molecular weight is 574 g/mol. The summed E-state index contributed by atoms with van der Waals surface area (Å²) in [6, 6.07) is 3.70. The number of rotatable bonds is 6. The molecule has 1 aromatic carbocycles. The number of piperidine rings is 1. The molecule has 8 nitrogen and oxygen atoms in total. The molecule has 38 heavy (non-hydrogen) atoms. The third-order valence-electron chi connectivity index (χ3n) is 7.01. The van der Waals surface area contributed by atoms with Crippen LogP contribution in [0.25, 0.3) is 20.8 Å². The molecule has 0 bridgehead atoms. The fourth-order valence-corrected chi connectivity index (χ4v) is 7.17. The summed E-state index contributed by atoms with van der Waals surface area (Å²) >= 11 is 0.832. The van der Waals surface area contributed by atoms with Gasteiger partial charge in [0.25, 0.3) is 5.89 Å².